The largest absolute Gasteiger partial charge is 0.481 e. The zero-order valence-corrected chi connectivity index (χ0v) is 10.4. The molecule has 98 valence electrons. The molecule has 0 aliphatic heterocycles. The van der Waals surface area contributed by atoms with E-state index in [-0.39, 0.29) is 5.92 Å². The molecule has 4 heteroatoms. The van der Waals surface area contributed by atoms with Gasteiger partial charge in [-0.25, -0.2) is 4.79 Å². The lowest BCUT2D eigenvalue weighted by atomic mass is 9.95. The maximum Gasteiger partial charge on any atom is 0.327 e. The molecule has 0 amide bonds. The number of benzene rings is 1. The van der Waals surface area contributed by atoms with Gasteiger partial charge in [0.05, 0.1) is 5.92 Å². The van der Waals surface area contributed by atoms with Gasteiger partial charge in [-0.1, -0.05) is 50.3 Å². The lowest BCUT2D eigenvalue weighted by Gasteiger charge is -2.10. The third kappa shape index (κ3) is 6.48. The van der Waals surface area contributed by atoms with Crippen molar-refractivity contribution in [3.05, 3.63) is 48.6 Å². The molecule has 0 radical (unpaired) electrons. The number of aliphatic carboxylic acids is 2. The summed E-state index contributed by atoms with van der Waals surface area (Å²) in [6, 6.07) is 9.39. The summed E-state index contributed by atoms with van der Waals surface area (Å²) in [5.41, 5.74) is 0.900. The first-order valence-corrected chi connectivity index (χ1v) is 5.66. The molecule has 0 aliphatic carbocycles. The Kier molecular flexibility index (Phi) is 7.94. The number of hydrogen-bond donors (Lipinski definition) is 2. The number of carbonyl (C=O) groups is 2. The van der Waals surface area contributed by atoms with Gasteiger partial charge < -0.3 is 10.2 Å². The second kappa shape index (κ2) is 8.98. The van der Waals surface area contributed by atoms with Gasteiger partial charge in [0.25, 0.3) is 0 Å². The second-order valence-electron chi connectivity index (χ2n) is 3.63. The van der Waals surface area contributed by atoms with Gasteiger partial charge in [-0.3, -0.25) is 4.79 Å². The Labute approximate surface area is 107 Å². The molecule has 4 nitrogen and oxygen atoms in total. The Morgan fingerprint density at radius 1 is 1.28 bits per heavy atom. The Hall–Kier alpha value is -2.10. The minimum Gasteiger partial charge on any atom is -0.481 e. The third-order valence-corrected chi connectivity index (χ3v) is 2.25. The highest BCUT2D eigenvalue weighted by Gasteiger charge is 2.17. The van der Waals surface area contributed by atoms with Gasteiger partial charge in [0.1, 0.15) is 0 Å². The molecule has 1 atom stereocenters. The average Bonchev–Trinajstić information content (AvgIpc) is 2.37. The van der Waals surface area contributed by atoms with E-state index in [0.717, 1.165) is 18.1 Å². The molecular weight excluding hydrogens is 232 g/mol. The molecule has 0 heterocycles. The summed E-state index contributed by atoms with van der Waals surface area (Å²) in [5.74, 6) is -2.05. The first kappa shape index (κ1) is 15.9. The molecular formula is C14H18O4. The number of carboxylic acids is 2. The van der Waals surface area contributed by atoms with E-state index in [1.165, 1.54) is 0 Å². The minimum atomic E-state index is -0.981. The van der Waals surface area contributed by atoms with Crippen LogP contribution in [0.25, 0.3) is 0 Å². The summed E-state index contributed by atoms with van der Waals surface area (Å²) in [4.78, 5) is 20.1. The van der Waals surface area contributed by atoms with Crippen LogP contribution in [0.1, 0.15) is 31.2 Å². The van der Waals surface area contributed by atoms with Crippen LogP contribution >= 0.6 is 0 Å². The molecule has 1 aromatic carbocycles. The van der Waals surface area contributed by atoms with Crippen LogP contribution in [0.15, 0.2) is 43.0 Å². The Morgan fingerprint density at radius 3 is 2.11 bits per heavy atom. The van der Waals surface area contributed by atoms with Crippen LogP contribution in [0, 0.1) is 0 Å². The lowest BCUT2D eigenvalue weighted by Crippen LogP contribution is -2.10. The quantitative estimate of drug-likeness (QED) is 0.788. The third-order valence-electron chi connectivity index (χ3n) is 2.25. The summed E-state index contributed by atoms with van der Waals surface area (Å²) in [5, 5.41) is 16.6. The van der Waals surface area contributed by atoms with Crippen molar-refractivity contribution >= 4 is 11.9 Å². The summed E-state index contributed by atoms with van der Waals surface area (Å²) < 4.78 is 0. The zero-order valence-electron chi connectivity index (χ0n) is 10.4. The summed E-state index contributed by atoms with van der Waals surface area (Å²) in [6.45, 7) is 4.96. The van der Waals surface area contributed by atoms with Gasteiger partial charge in [0, 0.05) is 6.08 Å². The van der Waals surface area contributed by atoms with Gasteiger partial charge in [0.2, 0.25) is 0 Å². The van der Waals surface area contributed by atoms with E-state index in [0.29, 0.717) is 6.42 Å². The molecule has 2 N–H and O–H groups in total. The van der Waals surface area contributed by atoms with Gasteiger partial charge in [-0.05, 0) is 12.0 Å². The monoisotopic (exact) mass is 250 g/mol. The smallest absolute Gasteiger partial charge is 0.327 e. The number of carboxylic acid groups (broad SMARTS) is 2. The van der Waals surface area contributed by atoms with E-state index in [1.807, 2.05) is 37.3 Å². The topological polar surface area (TPSA) is 74.6 Å². The lowest BCUT2D eigenvalue weighted by molar-refractivity contribution is -0.139. The summed E-state index contributed by atoms with van der Waals surface area (Å²) in [6.07, 6.45) is 2.44. The highest BCUT2D eigenvalue weighted by molar-refractivity contribution is 5.78. The predicted molar refractivity (Wildman–Crippen MR) is 69.6 cm³/mol. The minimum absolute atomic E-state index is 0.341. The summed E-state index contributed by atoms with van der Waals surface area (Å²) >= 11 is 0. The van der Waals surface area contributed by atoms with Crippen LogP contribution in [0.5, 0.6) is 0 Å². The highest BCUT2D eigenvalue weighted by Crippen LogP contribution is 2.20. The van der Waals surface area contributed by atoms with Crippen molar-refractivity contribution in [2.45, 2.75) is 25.7 Å². The SMILES string of the molecule is C=CC(=O)O.CCCC(C(=O)O)c1ccccc1. The highest BCUT2D eigenvalue weighted by atomic mass is 16.4. The number of rotatable bonds is 5. The Bertz CT molecular complexity index is 384. The molecule has 0 bridgehead atoms. The molecule has 0 saturated carbocycles. The fraction of sp³-hybridized carbons (Fsp3) is 0.286. The molecule has 0 spiro atoms. The first-order valence-electron chi connectivity index (χ1n) is 5.66. The maximum atomic E-state index is 10.9. The standard InChI is InChI=1S/C11H14O2.C3H4O2/c1-2-6-10(11(12)13)9-7-4-3-5-8-9;1-2-3(4)5/h3-5,7-8,10H,2,6H2,1H3,(H,12,13);2H,1H2,(H,4,5). The van der Waals surface area contributed by atoms with Crippen LogP contribution in [-0.4, -0.2) is 22.2 Å². The van der Waals surface area contributed by atoms with Gasteiger partial charge in [-0.2, -0.15) is 0 Å². The molecule has 1 aromatic rings. The molecule has 18 heavy (non-hydrogen) atoms. The van der Waals surface area contributed by atoms with Crippen molar-refractivity contribution in [1.82, 2.24) is 0 Å². The average molecular weight is 250 g/mol. The van der Waals surface area contributed by atoms with Gasteiger partial charge >= 0.3 is 11.9 Å². The molecule has 1 unspecified atom stereocenters. The van der Waals surface area contributed by atoms with Crippen molar-refractivity contribution < 1.29 is 19.8 Å². The van der Waals surface area contributed by atoms with Crippen LogP contribution in [0.3, 0.4) is 0 Å². The molecule has 0 aliphatic rings. The van der Waals surface area contributed by atoms with E-state index < -0.39 is 11.9 Å². The first-order chi connectivity index (χ1) is 8.52. The fourth-order valence-corrected chi connectivity index (χ4v) is 1.41. The second-order valence-corrected chi connectivity index (χ2v) is 3.63. The van der Waals surface area contributed by atoms with E-state index in [9.17, 15) is 9.59 Å². The maximum absolute atomic E-state index is 10.9. The van der Waals surface area contributed by atoms with E-state index in [2.05, 4.69) is 6.58 Å². The molecule has 0 aromatic heterocycles. The summed E-state index contributed by atoms with van der Waals surface area (Å²) in [7, 11) is 0. The van der Waals surface area contributed by atoms with Crippen molar-refractivity contribution in [3.63, 3.8) is 0 Å². The van der Waals surface area contributed by atoms with Crippen molar-refractivity contribution in [3.8, 4) is 0 Å². The van der Waals surface area contributed by atoms with Gasteiger partial charge in [0.15, 0.2) is 0 Å². The predicted octanol–water partition coefficient (Wildman–Crippen LogP) is 2.91. The van der Waals surface area contributed by atoms with Crippen molar-refractivity contribution in [2.24, 2.45) is 0 Å². The molecule has 0 fully saturated rings. The van der Waals surface area contributed by atoms with Crippen LogP contribution in [-0.2, 0) is 9.59 Å². The number of hydrogen-bond acceptors (Lipinski definition) is 2. The van der Waals surface area contributed by atoms with Crippen molar-refractivity contribution in [2.75, 3.05) is 0 Å². The zero-order chi connectivity index (χ0) is 14.0. The molecule has 1 rings (SSSR count). The fourth-order valence-electron chi connectivity index (χ4n) is 1.41. The Morgan fingerprint density at radius 2 is 1.78 bits per heavy atom. The van der Waals surface area contributed by atoms with E-state index in [4.69, 9.17) is 10.2 Å². The van der Waals surface area contributed by atoms with Crippen LogP contribution in [0.4, 0.5) is 0 Å². The normalized spacial score (nSPS) is 10.7. The van der Waals surface area contributed by atoms with Crippen LogP contribution in [0.2, 0.25) is 0 Å². The van der Waals surface area contributed by atoms with E-state index >= 15 is 0 Å². The van der Waals surface area contributed by atoms with Crippen LogP contribution < -0.4 is 0 Å². The van der Waals surface area contributed by atoms with E-state index in [1.54, 1.807) is 0 Å². The van der Waals surface area contributed by atoms with Crippen molar-refractivity contribution in [1.29, 1.82) is 0 Å². The van der Waals surface area contributed by atoms with Gasteiger partial charge in [-0.15, -0.1) is 0 Å². The molecule has 0 saturated heterocycles. The Balaban J connectivity index is 0.000000494.